The molecule has 0 aromatic heterocycles. The van der Waals surface area contributed by atoms with Crippen LogP contribution in [0, 0.1) is 0 Å². The van der Waals surface area contributed by atoms with E-state index in [2.05, 4.69) is 54.3 Å². The average molecular weight is 333 g/mol. The second-order valence-corrected chi connectivity index (χ2v) is 7.05. The molecule has 2 aliphatic rings. The lowest BCUT2D eigenvalue weighted by molar-refractivity contribution is 0.183. The average Bonchev–Trinajstić information content (AvgIpc) is 2.64. The summed E-state index contributed by atoms with van der Waals surface area (Å²) in [5.41, 5.74) is 7.22. The lowest BCUT2D eigenvalue weighted by Crippen LogP contribution is -2.38. The normalized spacial score (nSPS) is 18.9. The van der Waals surface area contributed by atoms with Gasteiger partial charge in [0.2, 0.25) is 0 Å². The summed E-state index contributed by atoms with van der Waals surface area (Å²) < 4.78 is 6.10. The summed E-state index contributed by atoms with van der Waals surface area (Å²) in [6, 6.07) is 13.9. The molecular formula is C23H27NO. The number of hydrogen-bond donors (Lipinski definition) is 0. The predicted octanol–water partition coefficient (Wildman–Crippen LogP) is 5.17. The van der Waals surface area contributed by atoms with Crippen molar-refractivity contribution in [2.24, 2.45) is 0 Å². The minimum Gasteiger partial charge on any atom is -0.489 e. The van der Waals surface area contributed by atoms with Crippen molar-refractivity contribution in [2.75, 3.05) is 19.7 Å². The summed E-state index contributed by atoms with van der Waals surface area (Å²) in [5, 5.41) is 0. The van der Waals surface area contributed by atoms with E-state index in [9.17, 15) is 0 Å². The molecule has 4 rings (SSSR count). The molecule has 1 aliphatic heterocycles. The van der Waals surface area contributed by atoms with Crippen LogP contribution in [0.25, 0.3) is 11.1 Å². The minimum absolute atomic E-state index is 0.526. The maximum absolute atomic E-state index is 6.10. The Morgan fingerprint density at radius 2 is 2.00 bits per heavy atom. The molecule has 0 bridgehead atoms. The fourth-order valence-electron chi connectivity index (χ4n) is 4.45. The number of ether oxygens (including phenoxy) is 1. The van der Waals surface area contributed by atoms with Crippen LogP contribution >= 0.6 is 0 Å². The molecule has 130 valence electrons. The molecule has 2 aromatic rings. The minimum atomic E-state index is 0.526. The van der Waals surface area contributed by atoms with E-state index in [1.807, 2.05) is 13.0 Å². The molecular weight excluding hydrogens is 306 g/mol. The number of fused-ring (bicyclic) bond motifs is 2. The van der Waals surface area contributed by atoms with Crippen molar-refractivity contribution in [1.29, 1.82) is 0 Å². The molecule has 0 fully saturated rings. The van der Waals surface area contributed by atoms with Crippen molar-refractivity contribution >= 4 is 0 Å². The summed E-state index contributed by atoms with van der Waals surface area (Å²) in [6.07, 6.45) is 7.58. The Bertz CT molecular complexity index is 793. The molecule has 0 spiro atoms. The van der Waals surface area contributed by atoms with Crippen LogP contribution in [-0.2, 0) is 12.8 Å². The first-order valence-electron chi connectivity index (χ1n) is 9.55. The molecule has 1 heterocycles. The SMILES string of the molecule is C/C=C/COc1cccc2c1-c1cccc3c1[C@@H](C2)N(CCC)CC3. The van der Waals surface area contributed by atoms with Gasteiger partial charge in [0, 0.05) is 18.2 Å². The van der Waals surface area contributed by atoms with Crippen LogP contribution in [0.15, 0.2) is 48.6 Å². The largest absolute Gasteiger partial charge is 0.489 e. The van der Waals surface area contributed by atoms with Gasteiger partial charge < -0.3 is 4.74 Å². The van der Waals surface area contributed by atoms with Gasteiger partial charge in [-0.15, -0.1) is 0 Å². The Morgan fingerprint density at radius 1 is 1.16 bits per heavy atom. The summed E-state index contributed by atoms with van der Waals surface area (Å²) in [6.45, 7) is 7.32. The Hall–Kier alpha value is -2.06. The van der Waals surface area contributed by atoms with Crippen molar-refractivity contribution in [3.05, 3.63) is 65.2 Å². The third kappa shape index (κ3) is 2.89. The Labute approximate surface area is 151 Å². The van der Waals surface area contributed by atoms with E-state index >= 15 is 0 Å². The molecule has 25 heavy (non-hydrogen) atoms. The third-order valence-electron chi connectivity index (χ3n) is 5.52. The Balaban J connectivity index is 1.81. The maximum Gasteiger partial charge on any atom is 0.127 e. The second kappa shape index (κ2) is 7.05. The molecule has 1 aliphatic carbocycles. The highest BCUT2D eigenvalue weighted by Gasteiger charge is 2.34. The number of nitrogens with zero attached hydrogens (tertiary/aromatic N) is 1. The van der Waals surface area contributed by atoms with E-state index < -0.39 is 0 Å². The van der Waals surface area contributed by atoms with Crippen molar-refractivity contribution in [3.8, 4) is 16.9 Å². The van der Waals surface area contributed by atoms with Crippen LogP contribution in [0.1, 0.15) is 43.0 Å². The molecule has 0 radical (unpaired) electrons. The van der Waals surface area contributed by atoms with Gasteiger partial charge in [-0.1, -0.05) is 49.4 Å². The molecule has 2 aromatic carbocycles. The van der Waals surface area contributed by atoms with E-state index in [-0.39, 0.29) is 0 Å². The highest BCUT2D eigenvalue weighted by molar-refractivity contribution is 5.80. The van der Waals surface area contributed by atoms with Crippen LogP contribution in [0.2, 0.25) is 0 Å². The van der Waals surface area contributed by atoms with E-state index in [1.54, 1.807) is 5.56 Å². The van der Waals surface area contributed by atoms with Crippen molar-refractivity contribution in [1.82, 2.24) is 4.90 Å². The molecule has 2 heteroatoms. The van der Waals surface area contributed by atoms with Crippen LogP contribution in [0.4, 0.5) is 0 Å². The van der Waals surface area contributed by atoms with Crippen molar-refractivity contribution < 1.29 is 4.74 Å². The van der Waals surface area contributed by atoms with Gasteiger partial charge in [-0.2, -0.15) is 0 Å². The zero-order valence-corrected chi connectivity index (χ0v) is 15.3. The summed E-state index contributed by atoms with van der Waals surface area (Å²) in [5.74, 6) is 1.02. The summed E-state index contributed by atoms with van der Waals surface area (Å²) in [4.78, 5) is 2.68. The van der Waals surface area contributed by atoms with Gasteiger partial charge in [0.25, 0.3) is 0 Å². The quantitative estimate of drug-likeness (QED) is 0.700. The van der Waals surface area contributed by atoms with E-state index in [1.165, 1.54) is 41.8 Å². The lowest BCUT2D eigenvalue weighted by Gasteiger charge is -2.42. The molecule has 2 nitrogen and oxygen atoms in total. The Kier molecular flexibility index (Phi) is 4.63. The number of hydrogen-bond acceptors (Lipinski definition) is 2. The highest BCUT2D eigenvalue weighted by Crippen LogP contribution is 2.48. The van der Waals surface area contributed by atoms with Gasteiger partial charge in [0.05, 0.1) is 0 Å². The van der Waals surface area contributed by atoms with Gasteiger partial charge in [-0.05, 0) is 61.1 Å². The first-order chi connectivity index (χ1) is 12.3. The van der Waals surface area contributed by atoms with E-state index in [4.69, 9.17) is 4.74 Å². The smallest absolute Gasteiger partial charge is 0.127 e. The summed E-state index contributed by atoms with van der Waals surface area (Å²) in [7, 11) is 0. The highest BCUT2D eigenvalue weighted by atomic mass is 16.5. The number of allylic oxidation sites excluding steroid dienone is 1. The molecule has 0 N–H and O–H groups in total. The van der Waals surface area contributed by atoms with Gasteiger partial charge in [-0.25, -0.2) is 0 Å². The lowest BCUT2D eigenvalue weighted by atomic mass is 9.77. The molecule has 0 amide bonds. The molecule has 1 atom stereocenters. The van der Waals surface area contributed by atoms with Crippen LogP contribution in [0.3, 0.4) is 0 Å². The van der Waals surface area contributed by atoms with Crippen molar-refractivity contribution in [3.63, 3.8) is 0 Å². The van der Waals surface area contributed by atoms with Gasteiger partial charge in [0.15, 0.2) is 0 Å². The first kappa shape index (κ1) is 16.4. The molecule has 0 saturated carbocycles. The first-order valence-corrected chi connectivity index (χ1v) is 9.55. The topological polar surface area (TPSA) is 12.5 Å². The zero-order chi connectivity index (χ0) is 17.2. The van der Waals surface area contributed by atoms with Crippen LogP contribution in [0.5, 0.6) is 5.75 Å². The molecule has 0 unspecified atom stereocenters. The van der Waals surface area contributed by atoms with Gasteiger partial charge in [0.1, 0.15) is 12.4 Å². The van der Waals surface area contributed by atoms with Gasteiger partial charge >= 0.3 is 0 Å². The van der Waals surface area contributed by atoms with Crippen LogP contribution in [-0.4, -0.2) is 24.6 Å². The maximum atomic E-state index is 6.10. The number of rotatable bonds is 5. The fraction of sp³-hybridized carbons (Fsp3) is 0.391. The van der Waals surface area contributed by atoms with Crippen LogP contribution < -0.4 is 4.74 Å². The third-order valence-corrected chi connectivity index (χ3v) is 5.52. The Morgan fingerprint density at radius 3 is 2.84 bits per heavy atom. The monoisotopic (exact) mass is 333 g/mol. The second-order valence-electron chi connectivity index (χ2n) is 7.05. The summed E-state index contributed by atoms with van der Waals surface area (Å²) >= 11 is 0. The fourth-order valence-corrected chi connectivity index (χ4v) is 4.45. The molecule has 0 saturated heterocycles. The zero-order valence-electron chi connectivity index (χ0n) is 15.3. The number of benzene rings is 2. The van der Waals surface area contributed by atoms with Crippen molar-refractivity contribution in [2.45, 2.75) is 39.2 Å². The van der Waals surface area contributed by atoms with E-state index in [0.717, 1.165) is 18.6 Å². The van der Waals surface area contributed by atoms with E-state index in [0.29, 0.717) is 12.6 Å². The van der Waals surface area contributed by atoms with Gasteiger partial charge in [-0.3, -0.25) is 4.90 Å². The predicted molar refractivity (Wildman–Crippen MR) is 104 cm³/mol. The standard InChI is InChI=1S/C23H27NO/c1-3-5-15-25-21-11-7-9-18-16-20-22-17(12-14-24(20)13-4-2)8-6-10-19(22)23(18)21/h3,5-11,20H,4,12-16H2,1-2H3/b5-3+/t20-/m1/s1.